The second-order valence-corrected chi connectivity index (χ2v) is 9.73. The van der Waals surface area contributed by atoms with Crippen molar-refractivity contribution in [2.75, 3.05) is 39.2 Å². The molecule has 0 aliphatic carbocycles. The van der Waals surface area contributed by atoms with Gasteiger partial charge >= 0.3 is 6.03 Å². The van der Waals surface area contributed by atoms with E-state index in [0.29, 0.717) is 23.5 Å². The lowest BCUT2D eigenvalue weighted by molar-refractivity contribution is 0.0356. The highest BCUT2D eigenvalue weighted by Gasteiger charge is 2.34. The van der Waals surface area contributed by atoms with Crippen LogP contribution in [0.25, 0.3) is 0 Å². The topological polar surface area (TPSA) is 117 Å². The predicted molar refractivity (Wildman–Crippen MR) is 150 cm³/mol. The van der Waals surface area contributed by atoms with Gasteiger partial charge in [-0.25, -0.2) is 9.78 Å². The number of ether oxygens (including phenoxy) is 2. The molecule has 1 aromatic carbocycles. The van der Waals surface area contributed by atoms with Gasteiger partial charge in [-0.1, -0.05) is 24.8 Å². The molecule has 3 atom stereocenters. The van der Waals surface area contributed by atoms with Crippen LogP contribution in [0.3, 0.4) is 0 Å². The van der Waals surface area contributed by atoms with E-state index in [1.165, 1.54) is 4.90 Å². The van der Waals surface area contributed by atoms with Crippen LogP contribution in [0.4, 0.5) is 10.5 Å². The summed E-state index contributed by atoms with van der Waals surface area (Å²) in [6.45, 7) is 4.09. The normalized spacial score (nSPS) is 17.2. The summed E-state index contributed by atoms with van der Waals surface area (Å²) in [6, 6.07) is 11.6. The van der Waals surface area contributed by atoms with Crippen LogP contribution in [0.5, 0.6) is 11.6 Å². The number of hydrogen-bond acceptors (Lipinski definition) is 7. The van der Waals surface area contributed by atoms with Crippen molar-refractivity contribution in [3.8, 4) is 23.5 Å². The maximum absolute atomic E-state index is 13.6. The molecule has 2 N–H and O–H groups in total. The molecular formula is C30H33N5O5. The van der Waals surface area contributed by atoms with E-state index < -0.39 is 12.1 Å². The highest BCUT2D eigenvalue weighted by molar-refractivity contribution is 5.97. The minimum atomic E-state index is -0.484. The zero-order chi connectivity index (χ0) is 28.6. The van der Waals surface area contributed by atoms with Crippen molar-refractivity contribution >= 4 is 17.6 Å². The number of anilines is 1. The highest BCUT2D eigenvalue weighted by Crippen LogP contribution is 2.27. The van der Waals surface area contributed by atoms with Gasteiger partial charge in [0.2, 0.25) is 5.88 Å². The summed E-state index contributed by atoms with van der Waals surface area (Å²) in [4.78, 5) is 38.2. The molecule has 0 saturated heterocycles. The number of rotatable bonds is 6. The van der Waals surface area contributed by atoms with Crippen LogP contribution >= 0.6 is 0 Å². The predicted octanol–water partition coefficient (Wildman–Crippen LogP) is 3.27. The maximum atomic E-state index is 13.6. The van der Waals surface area contributed by atoms with Crippen molar-refractivity contribution in [3.05, 3.63) is 77.7 Å². The van der Waals surface area contributed by atoms with Crippen LogP contribution in [-0.2, 0) is 0 Å². The van der Waals surface area contributed by atoms with E-state index in [2.05, 4.69) is 27.1 Å². The summed E-state index contributed by atoms with van der Waals surface area (Å²) in [7, 11) is 3.24. The van der Waals surface area contributed by atoms with E-state index in [1.807, 2.05) is 6.92 Å². The molecule has 4 rings (SSSR count). The molecule has 0 bridgehead atoms. The first-order valence-corrected chi connectivity index (χ1v) is 13.0. The number of aliphatic hydroxyl groups is 1. The number of hydrogen-bond donors (Lipinski definition) is 2. The molecule has 0 fully saturated rings. The molecule has 0 spiro atoms. The van der Waals surface area contributed by atoms with Gasteiger partial charge in [-0.15, -0.1) is 0 Å². The first kappa shape index (κ1) is 28.4. The third kappa shape index (κ3) is 6.87. The summed E-state index contributed by atoms with van der Waals surface area (Å²) in [5, 5.41) is 12.8. The van der Waals surface area contributed by atoms with Gasteiger partial charge in [0.15, 0.2) is 0 Å². The van der Waals surface area contributed by atoms with Gasteiger partial charge in [0.05, 0.1) is 26.3 Å². The lowest BCUT2D eigenvalue weighted by Crippen LogP contribution is -2.50. The summed E-state index contributed by atoms with van der Waals surface area (Å²) in [6.07, 6.45) is 4.39. The molecule has 0 unspecified atom stereocenters. The van der Waals surface area contributed by atoms with Crippen LogP contribution in [0.15, 0.2) is 61.1 Å². The molecule has 40 heavy (non-hydrogen) atoms. The molecule has 0 radical (unpaired) electrons. The van der Waals surface area contributed by atoms with Crippen LogP contribution in [0.1, 0.15) is 35.3 Å². The number of aromatic nitrogens is 2. The Labute approximate surface area is 234 Å². The van der Waals surface area contributed by atoms with Crippen molar-refractivity contribution in [1.82, 2.24) is 19.8 Å². The van der Waals surface area contributed by atoms with Crippen molar-refractivity contribution in [2.24, 2.45) is 5.92 Å². The minimum Gasteiger partial charge on any atom is -0.497 e. The number of urea groups is 1. The molecule has 3 amide bonds. The second-order valence-electron chi connectivity index (χ2n) is 9.73. The van der Waals surface area contributed by atoms with Crippen molar-refractivity contribution in [3.63, 3.8) is 0 Å². The molecule has 10 heteroatoms. The summed E-state index contributed by atoms with van der Waals surface area (Å²) >= 11 is 0. The number of methoxy groups -OCH3 is 1. The van der Waals surface area contributed by atoms with Crippen LogP contribution in [-0.4, -0.2) is 82.8 Å². The highest BCUT2D eigenvalue weighted by atomic mass is 16.5. The zero-order valence-electron chi connectivity index (χ0n) is 23.0. The lowest BCUT2D eigenvalue weighted by atomic mass is 10.00. The first-order valence-electron chi connectivity index (χ1n) is 13.0. The largest absolute Gasteiger partial charge is 0.497 e. The fraction of sp³-hybridized carbons (Fsp3) is 0.333. The standard InChI is InChI=1S/C30H33N5O5/c1-20-17-35(21(2)19-36)29(37)26-14-23(9-8-22-10-12-31-13-11-22)16-32-28(26)40-27(20)18-34(3)30(38)33-24-6-5-7-25(15-24)39-4/h5-7,10-16,20-21,27,36H,17-19H2,1-4H3,(H,33,38)/t20-,21+,27+/m0/s1. The Morgan fingerprint density at radius 2 is 2.00 bits per heavy atom. The third-order valence-corrected chi connectivity index (χ3v) is 6.67. The number of fused-ring (bicyclic) bond motifs is 1. The molecule has 0 saturated carbocycles. The molecule has 3 aromatic rings. The van der Waals surface area contributed by atoms with E-state index in [1.54, 1.807) is 87.0 Å². The lowest BCUT2D eigenvalue weighted by Gasteiger charge is -2.37. The Kier molecular flexibility index (Phi) is 9.19. The zero-order valence-corrected chi connectivity index (χ0v) is 23.0. The average Bonchev–Trinajstić information content (AvgIpc) is 2.98. The molecular weight excluding hydrogens is 510 g/mol. The number of nitrogens with zero attached hydrogens (tertiary/aromatic N) is 4. The Morgan fingerprint density at radius 1 is 1.25 bits per heavy atom. The first-order chi connectivity index (χ1) is 19.3. The van der Waals surface area contributed by atoms with Gasteiger partial charge in [-0.3, -0.25) is 9.78 Å². The number of benzene rings is 1. The van der Waals surface area contributed by atoms with E-state index >= 15 is 0 Å². The van der Waals surface area contributed by atoms with Crippen LogP contribution in [0.2, 0.25) is 0 Å². The monoisotopic (exact) mass is 543 g/mol. The Balaban J connectivity index is 1.59. The quantitative estimate of drug-likeness (QED) is 0.459. The molecule has 3 heterocycles. The molecule has 10 nitrogen and oxygen atoms in total. The number of amides is 3. The summed E-state index contributed by atoms with van der Waals surface area (Å²) in [5.41, 5.74) is 2.18. The maximum Gasteiger partial charge on any atom is 0.321 e. The molecule has 1 aliphatic heterocycles. The van der Waals surface area contributed by atoms with Gasteiger partial charge in [0.25, 0.3) is 5.91 Å². The third-order valence-electron chi connectivity index (χ3n) is 6.67. The van der Waals surface area contributed by atoms with Gasteiger partial charge in [0, 0.05) is 61.0 Å². The summed E-state index contributed by atoms with van der Waals surface area (Å²) < 4.78 is 11.5. The Hall–Kier alpha value is -4.62. The van der Waals surface area contributed by atoms with Crippen LogP contribution in [0, 0.1) is 17.8 Å². The molecule has 1 aliphatic rings. The van der Waals surface area contributed by atoms with Crippen LogP contribution < -0.4 is 14.8 Å². The number of carbonyl (C=O) groups is 2. The van der Waals surface area contributed by atoms with Crippen molar-refractivity contribution < 1.29 is 24.2 Å². The van der Waals surface area contributed by atoms with E-state index in [4.69, 9.17) is 9.47 Å². The van der Waals surface area contributed by atoms with Gasteiger partial charge < -0.3 is 29.7 Å². The fourth-order valence-corrected chi connectivity index (χ4v) is 4.24. The fourth-order valence-electron chi connectivity index (χ4n) is 4.24. The minimum absolute atomic E-state index is 0.160. The number of nitrogens with one attached hydrogen (secondary N) is 1. The van der Waals surface area contributed by atoms with E-state index in [-0.39, 0.29) is 42.5 Å². The number of carbonyl (C=O) groups excluding carboxylic acids is 2. The smallest absolute Gasteiger partial charge is 0.321 e. The Morgan fingerprint density at radius 3 is 2.73 bits per heavy atom. The SMILES string of the molecule is COc1cccc(NC(=O)N(C)C[C@H]2Oc3ncc(C#Cc4ccncc4)cc3C(=O)N([C@H](C)CO)C[C@@H]2C)c1. The summed E-state index contributed by atoms with van der Waals surface area (Å²) in [5.74, 6) is 6.40. The van der Waals surface area contributed by atoms with Crippen molar-refractivity contribution in [2.45, 2.75) is 26.0 Å². The molecule has 2 aromatic heterocycles. The molecule has 208 valence electrons. The number of pyridine rings is 2. The van der Waals surface area contributed by atoms with Gasteiger partial charge in [-0.2, -0.15) is 0 Å². The van der Waals surface area contributed by atoms with Gasteiger partial charge in [0.1, 0.15) is 17.4 Å². The van der Waals surface area contributed by atoms with Crippen molar-refractivity contribution in [1.29, 1.82) is 0 Å². The number of likely N-dealkylation sites (N-methyl/N-ethyl adjacent to an activating group) is 1. The Bertz CT molecular complexity index is 1400. The second kappa shape index (κ2) is 13.0. The van der Waals surface area contributed by atoms with E-state index in [9.17, 15) is 14.7 Å². The van der Waals surface area contributed by atoms with E-state index in [0.717, 1.165) is 5.56 Å². The average molecular weight is 544 g/mol. The number of aliphatic hydroxyl groups excluding tert-OH is 1. The van der Waals surface area contributed by atoms with Gasteiger partial charge in [-0.05, 0) is 37.3 Å².